The number of fused-ring (bicyclic) bond motifs is 1. The molecule has 2 amide bonds. The first-order valence-corrected chi connectivity index (χ1v) is 12.6. The van der Waals surface area contributed by atoms with E-state index in [9.17, 15) is 9.18 Å². The molecule has 1 saturated heterocycles. The van der Waals surface area contributed by atoms with Gasteiger partial charge in [0, 0.05) is 25.3 Å². The third-order valence-corrected chi connectivity index (χ3v) is 6.52. The number of aromatic amines is 1. The van der Waals surface area contributed by atoms with Crippen molar-refractivity contribution in [3.8, 4) is 16.9 Å². The van der Waals surface area contributed by atoms with Crippen molar-refractivity contribution in [1.29, 1.82) is 0 Å². The minimum Gasteiger partial charge on any atom is -0.491 e. The lowest BCUT2D eigenvalue weighted by atomic mass is 10.0. The molecule has 198 valence electrons. The summed E-state index contributed by atoms with van der Waals surface area (Å²) in [6.45, 7) is 6.87. The van der Waals surface area contributed by atoms with E-state index < -0.39 is 11.8 Å². The first-order valence-electron chi connectivity index (χ1n) is 12.6. The van der Waals surface area contributed by atoms with Gasteiger partial charge in [-0.05, 0) is 66.4 Å². The second-order valence-electron chi connectivity index (χ2n) is 9.27. The van der Waals surface area contributed by atoms with E-state index in [0.29, 0.717) is 23.9 Å². The topological polar surface area (TPSA) is 118 Å². The van der Waals surface area contributed by atoms with Crippen molar-refractivity contribution in [2.24, 2.45) is 0 Å². The summed E-state index contributed by atoms with van der Waals surface area (Å²) >= 11 is 0. The number of anilines is 3. The summed E-state index contributed by atoms with van der Waals surface area (Å²) in [5.41, 5.74) is 10.3. The van der Waals surface area contributed by atoms with Crippen molar-refractivity contribution in [3.63, 3.8) is 0 Å². The number of rotatable bonds is 8. The summed E-state index contributed by atoms with van der Waals surface area (Å²) in [5, 5.41) is 13.3. The molecular formula is C28H31FN6O3. The predicted octanol–water partition coefficient (Wildman–Crippen LogP) is 5.00. The number of urea groups is 1. The number of amides is 2. The molecule has 10 heteroatoms. The summed E-state index contributed by atoms with van der Waals surface area (Å²) in [7, 11) is 0. The zero-order valence-corrected chi connectivity index (χ0v) is 21.2. The van der Waals surface area contributed by atoms with E-state index >= 15 is 0 Å². The van der Waals surface area contributed by atoms with Gasteiger partial charge in [0.25, 0.3) is 0 Å². The third kappa shape index (κ3) is 5.87. The maximum atomic E-state index is 14.0. The highest BCUT2D eigenvalue weighted by molar-refractivity contribution is 6.04. The molecule has 0 radical (unpaired) electrons. The van der Waals surface area contributed by atoms with Crippen LogP contribution >= 0.6 is 0 Å². The van der Waals surface area contributed by atoms with Gasteiger partial charge in [0.05, 0.1) is 30.9 Å². The fourth-order valence-electron chi connectivity index (χ4n) is 4.54. The Morgan fingerprint density at radius 1 is 1.13 bits per heavy atom. The molecule has 5 N–H and O–H groups in total. The van der Waals surface area contributed by atoms with E-state index in [-0.39, 0.29) is 5.69 Å². The lowest BCUT2D eigenvalue weighted by molar-refractivity contribution is 0.0358. The number of nitrogen functional groups attached to an aromatic ring is 1. The number of benzene rings is 3. The maximum Gasteiger partial charge on any atom is 0.323 e. The average molecular weight is 519 g/mol. The molecular weight excluding hydrogens is 487 g/mol. The van der Waals surface area contributed by atoms with E-state index in [4.69, 9.17) is 15.2 Å². The lowest BCUT2D eigenvalue weighted by Crippen LogP contribution is -2.37. The molecule has 4 aromatic rings. The predicted molar refractivity (Wildman–Crippen MR) is 147 cm³/mol. The molecule has 0 unspecified atom stereocenters. The van der Waals surface area contributed by atoms with Crippen molar-refractivity contribution in [3.05, 3.63) is 66.0 Å². The first-order chi connectivity index (χ1) is 18.5. The Morgan fingerprint density at radius 3 is 2.71 bits per heavy atom. The normalized spacial score (nSPS) is 13.9. The Hall–Kier alpha value is -4.15. The molecule has 2 heterocycles. The Bertz CT molecular complexity index is 1420. The monoisotopic (exact) mass is 518 g/mol. The summed E-state index contributed by atoms with van der Waals surface area (Å²) in [6.07, 6.45) is 0.908. The quantitative estimate of drug-likeness (QED) is 0.244. The number of aromatic nitrogens is 2. The Balaban J connectivity index is 1.25. The standard InChI is InChI=1S/C28H31FN6O3/c1-18-3-9-22(29)23(17-18)32-28(36)31-20-6-4-19(5-7-20)21-8-10-24(26-25(21)27(30)34-33-26)38-14-2-11-35-12-15-37-16-13-35/h3-10,17H,2,11-16H2,1H3,(H3,30,33,34)(H2,31,32,36). The van der Waals surface area contributed by atoms with Crippen molar-refractivity contribution < 1.29 is 18.7 Å². The molecule has 3 aromatic carbocycles. The maximum absolute atomic E-state index is 14.0. The summed E-state index contributed by atoms with van der Waals surface area (Å²) in [5.74, 6) is 0.594. The molecule has 1 fully saturated rings. The minimum absolute atomic E-state index is 0.125. The molecule has 0 aliphatic carbocycles. The summed E-state index contributed by atoms with van der Waals surface area (Å²) in [4.78, 5) is 14.8. The first kappa shape index (κ1) is 25.5. The van der Waals surface area contributed by atoms with E-state index in [1.165, 1.54) is 6.07 Å². The largest absolute Gasteiger partial charge is 0.491 e. The van der Waals surface area contributed by atoms with E-state index in [0.717, 1.165) is 66.9 Å². The average Bonchev–Trinajstić information content (AvgIpc) is 3.32. The van der Waals surface area contributed by atoms with Gasteiger partial charge in [0.1, 0.15) is 17.1 Å². The van der Waals surface area contributed by atoms with E-state index in [2.05, 4.69) is 25.7 Å². The molecule has 0 atom stereocenters. The van der Waals surface area contributed by atoms with Crippen LogP contribution in [0.4, 0.5) is 26.4 Å². The van der Waals surface area contributed by atoms with Crippen LogP contribution in [0, 0.1) is 12.7 Å². The van der Waals surface area contributed by atoms with Gasteiger partial charge in [0.2, 0.25) is 0 Å². The second-order valence-corrected chi connectivity index (χ2v) is 9.27. The number of carbonyl (C=O) groups excluding carboxylic acids is 1. The number of morpholine rings is 1. The number of hydrogen-bond acceptors (Lipinski definition) is 6. The van der Waals surface area contributed by atoms with E-state index in [1.807, 2.05) is 31.2 Å². The van der Waals surface area contributed by atoms with Crippen LogP contribution in [-0.4, -0.2) is 60.6 Å². The smallest absolute Gasteiger partial charge is 0.323 e. The Labute approximate surface area is 220 Å². The molecule has 38 heavy (non-hydrogen) atoms. The number of ether oxygens (including phenoxy) is 2. The van der Waals surface area contributed by atoms with Crippen LogP contribution < -0.4 is 21.1 Å². The van der Waals surface area contributed by atoms with Crippen molar-refractivity contribution in [1.82, 2.24) is 15.1 Å². The molecule has 0 bridgehead atoms. The van der Waals surface area contributed by atoms with Crippen molar-refractivity contribution in [2.75, 3.05) is 55.8 Å². The second kappa shape index (κ2) is 11.5. The lowest BCUT2D eigenvalue weighted by Gasteiger charge is -2.26. The number of halogens is 1. The Kier molecular flexibility index (Phi) is 7.71. The van der Waals surface area contributed by atoms with Crippen molar-refractivity contribution in [2.45, 2.75) is 13.3 Å². The van der Waals surface area contributed by atoms with Crippen LogP contribution in [0.1, 0.15) is 12.0 Å². The zero-order valence-electron chi connectivity index (χ0n) is 21.2. The highest BCUT2D eigenvalue weighted by Crippen LogP contribution is 2.37. The van der Waals surface area contributed by atoms with Gasteiger partial charge in [-0.3, -0.25) is 10.00 Å². The zero-order chi connectivity index (χ0) is 26.5. The van der Waals surface area contributed by atoms with E-state index in [1.54, 1.807) is 24.3 Å². The number of carbonyl (C=O) groups is 1. The van der Waals surface area contributed by atoms with Crippen LogP contribution in [0.25, 0.3) is 22.0 Å². The fourth-order valence-corrected chi connectivity index (χ4v) is 4.54. The number of nitrogens with two attached hydrogens (primary N) is 1. The van der Waals surface area contributed by atoms with Gasteiger partial charge in [-0.2, -0.15) is 5.10 Å². The molecule has 1 aliphatic heterocycles. The molecule has 9 nitrogen and oxygen atoms in total. The Morgan fingerprint density at radius 2 is 1.92 bits per heavy atom. The molecule has 0 saturated carbocycles. The van der Waals surface area contributed by atoms with Crippen LogP contribution in [-0.2, 0) is 4.74 Å². The number of hydrogen-bond donors (Lipinski definition) is 4. The third-order valence-electron chi connectivity index (χ3n) is 6.52. The number of H-pyrrole nitrogens is 1. The van der Waals surface area contributed by atoms with Crippen LogP contribution in [0.3, 0.4) is 0 Å². The number of aryl methyl sites for hydroxylation is 1. The molecule has 1 aliphatic rings. The van der Waals surface area contributed by atoms with Gasteiger partial charge < -0.3 is 25.8 Å². The van der Waals surface area contributed by atoms with Crippen LogP contribution in [0.2, 0.25) is 0 Å². The number of nitrogens with one attached hydrogen (secondary N) is 3. The molecule has 0 spiro atoms. The number of nitrogens with zero attached hydrogens (tertiary/aromatic N) is 2. The van der Waals surface area contributed by atoms with Crippen LogP contribution in [0.5, 0.6) is 5.75 Å². The van der Waals surface area contributed by atoms with Crippen molar-refractivity contribution >= 4 is 34.1 Å². The minimum atomic E-state index is -0.529. The summed E-state index contributed by atoms with van der Waals surface area (Å²) < 4.78 is 25.4. The van der Waals surface area contributed by atoms with Gasteiger partial charge in [-0.1, -0.05) is 18.2 Å². The highest BCUT2D eigenvalue weighted by atomic mass is 19.1. The highest BCUT2D eigenvalue weighted by Gasteiger charge is 2.16. The van der Waals surface area contributed by atoms with Gasteiger partial charge in [-0.25, -0.2) is 9.18 Å². The van der Waals surface area contributed by atoms with Gasteiger partial charge in [0.15, 0.2) is 5.82 Å². The van der Waals surface area contributed by atoms with Gasteiger partial charge >= 0.3 is 6.03 Å². The fraction of sp³-hybridized carbons (Fsp3) is 0.286. The van der Waals surface area contributed by atoms with Crippen LogP contribution in [0.15, 0.2) is 54.6 Å². The molecule has 5 rings (SSSR count). The SMILES string of the molecule is Cc1ccc(F)c(NC(=O)Nc2ccc(-c3ccc(OCCCN4CCOCC4)c4[nH]nc(N)c34)cc2)c1. The molecule has 1 aromatic heterocycles. The summed E-state index contributed by atoms with van der Waals surface area (Å²) in [6, 6.07) is 15.2. The van der Waals surface area contributed by atoms with Gasteiger partial charge in [-0.15, -0.1) is 0 Å².